The second-order valence-electron chi connectivity index (χ2n) is 6.87. The van der Waals surface area contributed by atoms with Gasteiger partial charge in [0.15, 0.2) is 0 Å². The molecule has 0 aromatic heterocycles. The summed E-state index contributed by atoms with van der Waals surface area (Å²) >= 11 is 0. The van der Waals surface area contributed by atoms with Gasteiger partial charge in [0.05, 0.1) is 0 Å². The molecule has 1 aromatic rings. The van der Waals surface area contributed by atoms with Crippen molar-refractivity contribution in [3.8, 4) is 0 Å². The summed E-state index contributed by atoms with van der Waals surface area (Å²) < 4.78 is 0. The highest BCUT2D eigenvalue weighted by Crippen LogP contribution is 2.17. The molecule has 0 bridgehead atoms. The topological polar surface area (TPSA) is 18.5 Å². The fraction of sp³-hybridized carbons (Fsp3) is 0.667. The molecule has 2 aliphatic rings. The van der Waals surface area contributed by atoms with Crippen LogP contribution in [0.2, 0.25) is 0 Å². The minimum atomic E-state index is 0.606. The van der Waals surface area contributed by atoms with Gasteiger partial charge in [-0.3, -0.25) is 0 Å². The zero-order chi connectivity index (χ0) is 14.5. The van der Waals surface area contributed by atoms with Crippen molar-refractivity contribution in [3.05, 3.63) is 35.9 Å². The van der Waals surface area contributed by atoms with Gasteiger partial charge in [0.25, 0.3) is 0 Å². The third kappa shape index (κ3) is 4.53. The number of hydrogen-bond donors (Lipinski definition) is 1. The number of nitrogens with one attached hydrogen (secondary N) is 1. The van der Waals surface area contributed by atoms with Gasteiger partial charge >= 0.3 is 0 Å². The number of rotatable bonds is 4. The summed E-state index contributed by atoms with van der Waals surface area (Å²) in [5.74, 6) is 0.880. The van der Waals surface area contributed by atoms with E-state index >= 15 is 0 Å². The Morgan fingerprint density at radius 3 is 2.76 bits per heavy atom. The number of hydrogen-bond acceptors (Lipinski definition) is 3. The third-order valence-electron chi connectivity index (χ3n) is 4.89. The predicted octanol–water partition coefficient (Wildman–Crippen LogP) is 1.84. The maximum Gasteiger partial charge on any atom is 0.0235 e. The molecule has 3 heteroatoms. The Balaban J connectivity index is 1.53. The van der Waals surface area contributed by atoms with E-state index in [2.05, 4.69) is 52.5 Å². The Bertz CT molecular complexity index is 420. The standard InChI is InChI=1S/C18H29N3/c1-20-11-8-17(13-20)14-21-10-5-9-19-18(15-21)12-16-6-3-2-4-7-16/h2-4,6-7,17-19H,5,8-15H2,1H3. The van der Waals surface area contributed by atoms with Gasteiger partial charge in [-0.15, -0.1) is 0 Å². The van der Waals surface area contributed by atoms with E-state index in [4.69, 9.17) is 0 Å². The normalized spacial score (nSPS) is 28.6. The van der Waals surface area contributed by atoms with Crippen molar-refractivity contribution in [2.45, 2.75) is 25.3 Å². The molecule has 21 heavy (non-hydrogen) atoms. The Morgan fingerprint density at radius 2 is 2.00 bits per heavy atom. The first-order chi connectivity index (χ1) is 10.3. The lowest BCUT2D eigenvalue weighted by atomic mass is 10.0. The fourth-order valence-corrected chi connectivity index (χ4v) is 3.82. The largest absolute Gasteiger partial charge is 0.312 e. The summed E-state index contributed by atoms with van der Waals surface area (Å²) in [7, 11) is 2.25. The van der Waals surface area contributed by atoms with Crippen LogP contribution in [0.25, 0.3) is 0 Å². The average molecular weight is 287 g/mol. The van der Waals surface area contributed by atoms with Crippen LogP contribution in [0, 0.1) is 5.92 Å². The molecule has 0 radical (unpaired) electrons. The van der Waals surface area contributed by atoms with Crippen molar-refractivity contribution in [2.75, 3.05) is 46.3 Å². The lowest BCUT2D eigenvalue weighted by Crippen LogP contribution is -2.41. The van der Waals surface area contributed by atoms with Gasteiger partial charge in [0.1, 0.15) is 0 Å². The maximum atomic E-state index is 3.74. The summed E-state index contributed by atoms with van der Waals surface area (Å²) in [6.45, 7) is 7.49. The molecule has 2 saturated heterocycles. The van der Waals surface area contributed by atoms with E-state index in [9.17, 15) is 0 Å². The molecule has 1 N–H and O–H groups in total. The van der Waals surface area contributed by atoms with E-state index < -0.39 is 0 Å². The summed E-state index contributed by atoms with van der Waals surface area (Å²) in [5, 5.41) is 3.74. The van der Waals surface area contributed by atoms with Gasteiger partial charge in [-0.05, 0) is 57.4 Å². The summed E-state index contributed by atoms with van der Waals surface area (Å²) in [4.78, 5) is 5.18. The van der Waals surface area contributed by atoms with E-state index in [1.54, 1.807) is 0 Å². The second kappa shape index (κ2) is 7.39. The Labute approximate surface area is 129 Å². The van der Waals surface area contributed by atoms with Crippen molar-refractivity contribution < 1.29 is 0 Å². The van der Waals surface area contributed by atoms with Crippen LogP contribution in [0.5, 0.6) is 0 Å². The van der Waals surface area contributed by atoms with Gasteiger partial charge in [-0.1, -0.05) is 30.3 Å². The van der Waals surface area contributed by atoms with Crippen molar-refractivity contribution in [1.29, 1.82) is 0 Å². The molecular weight excluding hydrogens is 258 g/mol. The van der Waals surface area contributed by atoms with E-state index in [0.717, 1.165) is 12.3 Å². The number of benzene rings is 1. The number of likely N-dealkylation sites (tertiary alicyclic amines) is 1. The molecule has 1 aromatic carbocycles. The molecular formula is C18H29N3. The minimum Gasteiger partial charge on any atom is -0.312 e. The fourth-order valence-electron chi connectivity index (χ4n) is 3.82. The Kier molecular flexibility index (Phi) is 5.28. The Morgan fingerprint density at radius 1 is 1.14 bits per heavy atom. The van der Waals surface area contributed by atoms with E-state index in [0.29, 0.717) is 6.04 Å². The van der Waals surface area contributed by atoms with Crippen LogP contribution in [-0.4, -0.2) is 62.2 Å². The lowest BCUT2D eigenvalue weighted by molar-refractivity contribution is 0.226. The first kappa shape index (κ1) is 15.0. The van der Waals surface area contributed by atoms with Crippen molar-refractivity contribution in [2.24, 2.45) is 5.92 Å². The summed E-state index contributed by atoms with van der Waals surface area (Å²) in [5.41, 5.74) is 1.46. The van der Waals surface area contributed by atoms with Gasteiger partial charge < -0.3 is 15.1 Å². The van der Waals surface area contributed by atoms with Gasteiger partial charge in [-0.25, -0.2) is 0 Å². The highest BCUT2D eigenvalue weighted by atomic mass is 15.2. The quantitative estimate of drug-likeness (QED) is 0.912. The molecule has 2 aliphatic heterocycles. The van der Waals surface area contributed by atoms with Crippen LogP contribution in [0.15, 0.2) is 30.3 Å². The van der Waals surface area contributed by atoms with Crippen molar-refractivity contribution >= 4 is 0 Å². The molecule has 116 valence electrons. The maximum absolute atomic E-state index is 3.74. The molecule has 0 amide bonds. The highest BCUT2D eigenvalue weighted by molar-refractivity contribution is 5.16. The van der Waals surface area contributed by atoms with Gasteiger partial charge in [0.2, 0.25) is 0 Å². The SMILES string of the molecule is CN1CCC(CN2CCCNC(Cc3ccccc3)C2)C1. The molecule has 0 aliphatic carbocycles. The van der Waals surface area contributed by atoms with Crippen LogP contribution < -0.4 is 5.32 Å². The average Bonchev–Trinajstić information content (AvgIpc) is 2.76. The molecule has 0 spiro atoms. The zero-order valence-corrected chi connectivity index (χ0v) is 13.3. The van der Waals surface area contributed by atoms with Crippen LogP contribution in [0.1, 0.15) is 18.4 Å². The molecule has 3 rings (SSSR count). The van der Waals surface area contributed by atoms with Crippen LogP contribution >= 0.6 is 0 Å². The minimum absolute atomic E-state index is 0.606. The monoisotopic (exact) mass is 287 g/mol. The first-order valence-electron chi connectivity index (χ1n) is 8.48. The lowest BCUT2D eigenvalue weighted by Gasteiger charge is -2.27. The van der Waals surface area contributed by atoms with Crippen molar-refractivity contribution in [3.63, 3.8) is 0 Å². The molecule has 2 unspecified atom stereocenters. The van der Waals surface area contributed by atoms with Crippen molar-refractivity contribution in [1.82, 2.24) is 15.1 Å². The smallest absolute Gasteiger partial charge is 0.0235 e. The summed E-state index contributed by atoms with van der Waals surface area (Å²) in [6.07, 6.45) is 3.82. The molecule has 0 saturated carbocycles. The van der Waals surface area contributed by atoms with E-state index in [1.807, 2.05) is 0 Å². The molecule has 2 fully saturated rings. The third-order valence-corrected chi connectivity index (χ3v) is 4.89. The van der Waals surface area contributed by atoms with E-state index in [-0.39, 0.29) is 0 Å². The zero-order valence-electron chi connectivity index (χ0n) is 13.3. The molecule has 2 heterocycles. The van der Waals surface area contributed by atoms with Crippen LogP contribution in [0.4, 0.5) is 0 Å². The first-order valence-corrected chi connectivity index (χ1v) is 8.48. The van der Waals surface area contributed by atoms with Crippen LogP contribution in [-0.2, 0) is 6.42 Å². The van der Waals surface area contributed by atoms with Crippen LogP contribution in [0.3, 0.4) is 0 Å². The van der Waals surface area contributed by atoms with Gasteiger partial charge in [-0.2, -0.15) is 0 Å². The number of nitrogens with zero attached hydrogens (tertiary/aromatic N) is 2. The highest BCUT2D eigenvalue weighted by Gasteiger charge is 2.24. The predicted molar refractivity (Wildman–Crippen MR) is 88.6 cm³/mol. The second-order valence-corrected chi connectivity index (χ2v) is 6.87. The molecule has 2 atom stereocenters. The van der Waals surface area contributed by atoms with Gasteiger partial charge in [0, 0.05) is 25.7 Å². The Hall–Kier alpha value is -0.900. The van der Waals surface area contributed by atoms with E-state index in [1.165, 1.54) is 57.7 Å². The molecule has 3 nitrogen and oxygen atoms in total. The summed E-state index contributed by atoms with van der Waals surface area (Å²) in [6, 6.07) is 11.5.